The monoisotopic (exact) mass is 429 g/mol. The number of hydrogen-bond acceptors (Lipinski definition) is 2. The highest BCUT2D eigenvalue weighted by atomic mass is 19.1. The molecule has 0 saturated heterocycles. The summed E-state index contributed by atoms with van der Waals surface area (Å²) in [5, 5.41) is 1.93. The molecule has 0 spiro atoms. The second-order valence-electron chi connectivity index (χ2n) is 8.27. The maximum absolute atomic E-state index is 14.7. The molecule has 1 unspecified atom stereocenters. The van der Waals surface area contributed by atoms with E-state index in [0.29, 0.717) is 5.71 Å². The van der Waals surface area contributed by atoms with Gasteiger partial charge in [-0.15, -0.1) is 0 Å². The van der Waals surface area contributed by atoms with Gasteiger partial charge in [0.1, 0.15) is 12.9 Å². The summed E-state index contributed by atoms with van der Waals surface area (Å²) in [7, 11) is 1.95. The molecule has 1 atom stereocenters. The van der Waals surface area contributed by atoms with E-state index in [-0.39, 0.29) is 12.0 Å². The fourth-order valence-corrected chi connectivity index (χ4v) is 4.26. The number of benzene rings is 2. The Hall–Kier alpha value is -3.53. The summed E-state index contributed by atoms with van der Waals surface area (Å²) >= 11 is 0. The van der Waals surface area contributed by atoms with Gasteiger partial charge in [0.25, 0.3) is 0 Å². The summed E-state index contributed by atoms with van der Waals surface area (Å²) in [6, 6.07) is 16.6. The van der Waals surface area contributed by atoms with Gasteiger partial charge in [0.05, 0.1) is 5.56 Å². The first-order chi connectivity index (χ1) is 17.0. The summed E-state index contributed by atoms with van der Waals surface area (Å²) in [5.74, 6) is -2.32. The second-order valence-corrected chi connectivity index (χ2v) is 8.27. The highest BCUT2D eigenvalue weighted by Crippen LogP contribution is 2.37. The topological polar surface area (TPSA) is 29.9 Å². The molecule has 2 aromatic carbocycles. The number of halogens is 1. The molecule has 3 heterocycles. The van der Waals surface area contributed by atoms with Crippen molar-refractivity contribution in [1.82, 2.24) is 4.98 Å². The van der Waals surface area contributed by atoms with Crippen LogP contribution >= 0.6 is 0 Å². The molecule has 5 rings (SSSR count). The summed E-state index contributed by atoms with van der Waals surface area (Å²) in [5.41, 5.74) is 6.01. The van der Waals surface area contributed by atoms with E-state index in [2.05, 4.69) is 11.1 Å². The SMILES string of the molecule is [2H]C([2H])([2H])C([2H])(C)Cc1cc(-c2cc[n+](C)c(-c3c(C)ccc4c3oc3ncccc34)c2)ccc1F. The van der Waals surface area contributed by atoms with Crippen molar-refractivity contribution < 1.29 is 18.9 Å². The molecular weight excluding hydrogens is 399 g/mol. The van der Waals surface area contributed by atoms with Gasteiger partial charge < -0.3 is 4.42 Å². The molecule has 32 heavy (non-hydrogen) atoms. The first-order valence-electron chi connectivity index (χ1n) is 12.5. The van der Waals surface area contributed by atoms with Crippen molar-refractivity contribution in [3.63, 3.8) is 0 Å². The molecule has 3 aromatic heterocycles. The maximum Gasteiger partial charge on any atom is 0.227 e. The third-order valence-electron chi connectivity index (χ3n) is 5.87. The van der Waals surface area contributed by atoms with Gasteiger partial charge in [-0.3, -0.25) is 0 Å². The van der Waals surface area contributed by atoms with Crippen LogP contribution in [0.4, 0.5) is 4.39 Å². The van der Waals surface area contributed by atoms with E-state index in [1.165, 1.54) is 13.0 Å². The third kappa shape index (κ3) is 3.46. The van der Waals surface area contributed by atoms with Crippen LogP contribution in [0.5, 0.6) is 0 Å². The number of rotatable bonds is 4. The van der Waals surface area contributed by atoms with E-state index < -0.39 is 18.6 Å². The van der Waals surface area contributed by atoms with Gasteiger partial charge in [-0.1, -0.05) is 32.0 Å². The molecule has 160 valence electrons. The van der Waals surface area contributed by atoms with Gasteiger partial charge in [-0.05, 0) is 65.8 Å². The number of furan rings is 1. The fourth-order valence-electron chi connectivity index (χ4n) is 4.26. The lowest BCUT2D eigenvalue weighted by molar-refractivity contribution is -0.660. The Morgan fingerprint density at radius 3 is 2.81 bits per heavy atom. The third-order valence-corrected chi connectivity index (χ3v) is 5.87. The van der Waals surface area contributed by atoms with Crippen molar-refractivity contribution in [2.45, 2.75) is 27.1 Å². The van der Waals surface area contributed by atoms with Crippen molar-refractivity contribution in [2.75, 3.05) is 0 Å². The minimum Gasteiger partial charge on any atom is -0.437 e. The highest BCUT2D eigenvalue weighted by Gasteiger charge is 2.22. The first-order valence-corrected chi connectivity index (χ1v) is 10.5. The van der Waals surface area contributed by atoms with Crippen LogP contribution in [-0.4, -0.2) is 4.98 Å². The number of aryl methyl sites for hydroxylation is 2. The molecule has 0 saturated carbocycles. The average molecular weight is 430 g/mol. The predicted octanol–water partition coefficient (Wildman–Crippen LogP) is 6.79. The number of nitrogens with zero attached hydrogens (tertiary/aromatic N) is 2. The Labute approximate surface area is 192 Å². The van der Waals surface area contributed by atoms with E-state index in [9.17, 15) is 4.39 Å². The van der Waals surface area contributed by atoms with Gasteiger partial charge in [0, 0.05) is 34.6 Å². The summed E-state index contributed by atoms with van der Waals surface area (Å²) in [4.78, 5) is 4.37. The molecule has 0 aliphatic rings. The molecule has 0 aliphatic carbocycles. The maximum atomic E-state index is 14.7. The van der Waals surface area contributed by atoms with E-state index >= 15 is 0 Å². The van der Waals surface area contributed by atoms with Crippen molar-refractivity contribution in [3.8, 4) is 22.4 Å². The Morgan fingerprint density at radius 2 is 1.97 bits per heavy atom. The average Bonchev–Trinajstić information content (AvgIpc) is 3.19. The Morgan fingerprint density at radius 1 is 1.12 bits per heavy atom. The first kappa shape index (κ1) is 16.2. The molecule has 0 N–H and O–H groups in total. The second kappa shape index (κ2) is 7.86. The molecule has 0 bridgehead atoms. The zero-order valence-electron chi connectivity index (χ0n) is 22.2. The lowest BCUT2D eigenvalue weighted by Crippen LogP contribution is -2.30. The molecule has 3 nitrogen and oxygen atoms in total. The normalized spacial score (nSPS) is 15.8. The minimum absolute atomic E-state index is 0.206. The largest absolute Gasteiger partial charge is 0.437 e. The molecule has 0 fully saturated rings. The predicted molar refractivity (Wildman–Crippen MR) is 127 cm³/mol. The Kier molecular flexibility index (Phi) is 3.97. The zero-order valence-corrected chi connectivity index (χ0v) is 18.2. The minimum atomic E-state index is -2.53. The number of aromatic nitrogens is 2. The molecule has 0 aliphatic heterocycles. The fraction of sp³-hybridized carbons (Fsp3) is 0.214. The van der Waals surface area contributed by atoms with Crippen molar-refractivity contribution in [1.29, 1.82) is 0 Å². The van der Waals surface area contributed by atoms with Crippen LogP contribution < -0.4 is 4.57 Å². The Balaban J connectivity index is 1.64. The van der Waals surface area contributed by atoms with Crippen LogP contribution in [0.25, 0.3) is 44.5 Å². The van der Waals surface area contributed by atoms with E-state index in [1.807, 2.05) is 55.1 Å². The van der Waals surface area contributed by atoms with Crippen molar-refractivity contribution in [2.24, 2.45) is 12.9 Å². The molecule has 0 amide bonds. The Bertz CT molecular complexity index is 1620. The summed E-state index contributed by atoms with van der Waals surface area (Å²) < 4.78 is 54.1. The molecule has 5 aromatic rings. The van der Waals surface area contributed by atoms with Gasteiger partial charge >= 0.3 is 0 Å². The lowest BCUT2D eigenvalue weighted by atomic mass is 9.95. The number of pyridine rings is 2. The van der Waals surface area contributed by atoms with Crippen LogP contribution in [0.2, 0.25) is 0 Å². The van der Waals surface area contributed by atoms with E-state index in [4.69, 9.17) is 9.90 Å². The van der Waals surface area contributed by atoms with Crippen LogP contribution in [0.3, 0.4) is 0 Å². The van der Waals surface area contributed by atoms with Crippen LogP contribution in [0.1, 0.15) is 30.4 Å². The van der Waals surface area contributed by atoms with E-state index in [0.717, 1.165) is 44.3 Å². The molecule has 4 heteroatoms. The smallest absolute Gasteiger partial charge is 0.227 e. The van der Waals surface area contributed by atoms with E-state index in [1.54, 1.807) is 18.3 Å². The molecular formula is C28H26FN2O+. The van der Waals surface area contributed by atoms with Gasteiger partial charge in [-0.2, -0.15) is 0 Å². The summed E-state index contributed by atoms with van der Waals surface area (Å²) in [6.07, 6.45) is 3.42. The standard InChI is InChI=1S/C28H26FN2O/c1-17(2)14-21-15-19(8-10-24(21)29)20-11-13-31(4)25(16-20)26-18(3)7-9-22-23-6-5-12-30-28(23)32-27(22)26/h5-13,15-17H,14H2,1-4H3/q+1/i1D3,17D. The van der Waals surface area contributed by atoms with Gasteiger partial charge in [0.15, 0.2) is 11.8 Å². The number of fused-ring (bicyclic) bond motifs is 3. The zero-order chi connectivity index (χ0) is 25.8. The molecule has 0 radical (unpaired) electrons. The van der Waals surface area contributed by atoms with Crippen molar-refractivity contribution in [3.05, 3.63) is 83.9 Å². The lowest BCUT2D eigenvalue weighted by Gasteiger charge is -2.11. The van der Waals surface area contributed by atoms with Crippen LogP contribution in [0.15, 0.2) is 71.4 Å². The number of hydrogen-bond donors (Lipinski definition) is 0. The summed E-state index contributed by atoms with van der Waals surface area (Å²) in [6.45, 7) is 0.821. The van der Waals surface area contributed by atoms with Crippen LogP contribution in [0, 0.1) is 18.6 Å². The van der Waals surface area contributed by atoms with Gasteiger partial charge in [-0.25, -0.2) is 13.9 Å². The van der Waals surface area contributed by atoms with Gasteiger partial charge in [0.2, 0.25) is 11.4 Å². The van der Waals surface area contributed by atoms with Crippen LogP contribution in [-0.2, 0) is 13.5 Å². The van der Waals surface area contributed by atoms with Crippen molar-refractivity contribution >= 4 is 22.1 Å². The highest BCUT2D eigenvalue weighted by molar-refractivity contribution is 6.08. The quantitative estimate of drug-likeness (QED) is 0.295.